The smallest absolute Gasteiger partial charge is 0.0716 e. The van der Waals surface area contributed by atoms with Gasteiger partial charge in [-0.25, -0.2) is 0 Å². The maximum Gasteiger partial charge on any atom is 0.0716 e. The van der Waals surface area contributed by atoms with E-state index in [2.05, 4.69) is 17.4 Å². The first-order valence-corrected chi connectivity index (χ1v) is 5.89. The zero-order chi connectivity index (χ0) is 11.2. The minimum absolute atomic E-state index is 0.194. The highest BCUT2D eigenvalue weighted by molar-refractivity contribution is 5.13. The fourth-order valence-electron chi connectivity index (χ4n) is 2.02. The number of aliphatic hydroxyl groups is 1. The molecule has 0 aliphatic carbocycles. The topological polar surface area (TPSA) is 41.5 Å². The lowest BCUT2D eigenvalue weighted by molar-refractivity contribution is 0.0903. The molecule has 1 fully saturated rings. The van der Waals surface area contributed by atoms with Crippen LogP contribution in [0.2, 0.25) is 0 Å². The van der Waals surface area contributed by atoms with Crippen LogP contribution < -0.4 is 5.32 Å². The van der Waals surface area contributed by atoms with Crippen LogP contribution in [0.25, 0.3) is 0 Å². The van der Waals surface area contributed by atoms with E-state index in [9.17, 15) is 5.11 Å². The van der Waals surface area contributed by atoms with E-state index in [0.29, 0.717) is 13.2 Å². The van der Waals surface area contributed by atoms with E-state index in [1.54, 1.807) is 0 Å². The third-order valence-corrected chi connectivity index (χ3v) is 3.00. The molecule has 1 aliphatic heterocycles. The third kappa shape index (κ3) is 3.30. The molecule has 1 aliphatic rings. The van der Waals surface area contributed by atoms with Crippen LogP contribution in [0.5, 0.6) is 0 Å². The summed E-state index contributed by atoms with van der Waals surface area (Å²) in [5.41, 5.74) is 1.20. The Morgan fingerprint density at radius 1 is 1.31 bits per heavy atom. The summed E-state index contributed by atoms with van der Waals surface area (Å²) in [6.07, 6.45) is 1.55. The van der Waals surface area contributed by atoms with E-state index in [0.717, 1.165) is 19.4 Å². The van der Waals surface area contributed by atoms with Gasteiger partial charge in [0.1, 0.15) is 0 Å². The summed E-state index contributed by atoms with van der Waals surface area (Å²) in [5, 5.41) is 12.9. The van der Waals surface area contributed by atoms with Crippen LogP contribution in [-0.4, -0.2) is 30.4 Å². The van der Waals surface area contributed by atoms with Gasteiger partial charge < -0.3 is 15.2 Å². The van der Waals surface area contributed by atoms with E-state index in [-0.39, 0.29) is 12.1 Å². The van der Waals surface area contributed by atoms with Gasteiger partial charge in [0.15, 0.2) is 0 Å². The zero-order valence-electron chi connectivity index (χ0n) is 9.43. The minimum Gasteiger partial charge on any atom is -0.391 e. The molecule has 0 radical (unpaired) electrons. The Bertz CT molecular complexity index is 302. The molecule has 3 nitrogen and oxygen atoms in total. The zero-order valence-corrected chi connectivity index (χ0v) is 9.43. The van der Waals surface area contributed by atoms with Gasteiger partial charge in [0, 0.05) is 12.6 Å². The maximum absolute atomic E-state index is 9.59. The maximum atomic E-state index is 9.59. The van der Waals surface area contributed by atoms with Crippen molar-refractivity contribution >= 4 is 0 Å². The van der Waals surface area contributed by atoms with Crippen LogP contribution in [0.3, 0.4) is 0 Å². The summed E-state index contributed by atoms with van der Waals surface area (Å²) in [7, 11) is 0. The Balaban J connectivity index is 1.62. The average molecular weight is 221 g/mol. The molecule has 1 aromatic rings. The Morgan fingerprint density at radius 3 is 2.81 bits per heavy atom. The fraction of sp³-hybridized carbons (Fsp3) is 0.538. The summed E-state index contributed by atoms with van der Waals surface area (Å²) in [4.78, 5) is 0. The molecular formula is C13H19NO2. The molecule has 0 unspecified atom stereocenters. The highest BCUT2D eigenvalue weighted by atomic mass is 16.5. The molecule has 1 saturated heterocycles. The molecule has 2 atom stereocenters. The van der Waals surface area contributed by atoms with E-state index in [1.165, 1.54) is 5.56 Å². The van der Waals surface area contributed by atoms with Gasteiger partial charge in [-0.2, -0.15) is 0 Å². The number of nitrogens with one attached hydrogen (secondary N) is 1. The summed E-state index contributed by atoms with van der Waals surface area (Å²) < 4.78 is 5.58. The third-order valence-electron chi connectivity index (χ3n) is 3.00. The molecule has 0 bridgehead atoms. The molecule has 2 rings (SSSR count). The average Bonchev–Trinajstić information content (AvgIpc) is 2.72. The van der Waals surface area contributed by atoms with Gasteiger partial charge in [-0.3, -0.25) is 0 Å². The highest BCUT2D eigenvalue weighted by Crippen LogP contribution is 2.10. The van der Waals surface area contributed by atoms with E-state index in [1.807, 2.05) is 18.2 Å². The van der Waals surface area contributed by atoms with Crippen LogP contribution >= 0.6 is 0 Å². The molecule has 3 heteroatoms. The van der Waals surface area contributed by atoms with Crippen molar-refractivity contribution in [2.75, 3.05) is 13.2 Å². The normalized spacial score (nSPS) is 24.8. The second-order valence-corrected chi connectivity index (χ2v) is 4.24. The molecular weight excluding hydrogens is 202 g/mol. The lowest BCUT2D eigenvalue weighted by atomic mass is 10.1. The summed E-state index contributed by atoms with van der Waals surface area (Å²) in [6.45, 7) is 2.28. The summed E-state index contributed by atoms with van der Waals surface area (Å²) in [5.74, 6) is 0. The number of ether oxygens (including phenoxy) is 1. The van der Waals surface area contributed by atoms with Crippen LogP contribution in [-0.2, 0) is 11.3 Å². The van der Waals surface area contributed by atoms with Gasteiger partial charge in [0.2, 0.25) is 0 Å². The second kappa shape index (κ2) is 5.99. The molecule has 88 valence electrons. The Labute approximate surface area is 96.4 Å². The Hall–Kier alpha value is -0.900. The van der Waals surface area contributed by atoms with Gasteiger partial charge in [0.25, 0.3) is 0 Å². The van der Waals surface area contributed by atoms with Crippen molar-refractivity contribution < 1.29 is 9.84 Å². The number of hydrogen-bond donors (Lipinski definition) is 2. The van der Waals surface area contributed by atoms with Crippen LogP contribution in [0.1, 0.15) is 18.4 Å². The van der Waals surface area contributed by atoms with E-state index in [4.69, 9.17) is 4.74 Å². The SMILES string of the molecule is O[C@@H]1CCN[C@@H]1CCOCc1ccccc1. The van der Waals surface area contributed by atoms with E-state index >= 15 is 0 Å². The second-order valence-electron chi connectivity index (χ2n) is 4.24. The number of rotatable bonds is 5. The molecule has 0 amide bonds. The van der Waals surface area contributed by atoms with Crippen molar-refractivity contribution in [1.82, 2.24) is 5.32 Å². The van der Waals surface area contributed by atoms with Crippen LogP contribution in [0.4, 0.5) is 0 Å². The number of benzene rings is 1. The molecule has 16 heavy (non-hydrogen) atoms. The summed E-state index contributed by atoms with van der Waals surface area (Å²) in [6, 6.07) is 10.4. The predicted molar refractivity (Wildman–Crippen MR) is 63.1 cm³/mol. The Morgan fingerprint density at radius 2 is 2.12 bits per heavy atom. The lowest BCUT2D eigenvalue weighted by Gasteiger charge is -2.14. The molecule has 2 N–H and O–H groups in total. The van der Waals surface area contributed by atoms with Crippen molar-refractivity contribution in [3.63, 3.8) is 0 Å². The standard InChI is InChI=1S/C13H19NO2/c15-13-6-8-14-12(13)7-9-16-10-11-4-2-1-3-5-11/h1-5,12-15H,6-10H2/t12-,13-/m1/s1. The van der Waals surface area contributed by atoms with Crippen LogP contribution in [0.15, 0.2) is 30.3 Å². The first-order chi connectivity index (χ1) is 7.86. The molecule has 0 saturated carbocycles. The Kier molecular flexibility index (Phi) is 4.34. The number of hydrogen-bond acceptors (Lipinski definition) is 3. The van der Waals surface area contributed by atoms with Gasteiger partial charge in [-0.05, 0) is 24.9 Å². The van der Waals surface area contributed by atoms with Crippen LogP contribution in [0, 0.1) is 0 Å². The van der Waals surface area contributed by atoms with Crippen molar-refractivity contribution in [1.29, 1.82) is 0 Å². The predicted octanol–water partition coefficient (Wildman–Crippen LogP) is 1.32. The van der Waals surface area contributed by atoms with Gasteiger partial charge in [0.05, 0.1) is 12.7 Å². The first kappa shape index (κ1) is 11.6. The molecule has 0 spiro atoms. The van der Waals surface area contributed by atoms with Crippen molar-refractivity contribution in [2.45, 2.75) is 31.6 Å². The first-order valence-electron chi connectivity index (χ1n) is 5.89. The molecule has 1 aromatic carbocycles. The number of aliphatic hydroxyl groups excluding tert-OH is 1. The lowest BCUT2D eigenvalue weighted by Crippen LogP contribution is -2.31. The van der Waals surface area contributed by atoms with Gasteiger partial charge in [-0.15, -0.1) is 0 Å². The fourth-order valence-corrected chi connectivity index (χ4v) is 2.02. The largest absolute Gasteiger partial charge is 0.391 e. The van der Waals surface area contributed by atoms with E-state index < -0.39 is 0 Å². The van der Waals surface area contributed by atoms with Gasteiger partial charge in [-0.1, -0.05) is 30.3 Å². The monoisotopic (exact) mass is 221 g/mol. The van der Waals surface area contributed by atoms with Crippen molar-refractivity contribution in [3.05, 3.63) is 35.9 Å². The summed E-state index contributed by atoms with van der Waals surface area (Å²) >= 11 is 0. The van der Waals surface area contributed by atoms with Gasteiger partial charge >= 0.3 is 0 Å². The minimum atomic E-state index is -0.194. The van der Waals surface area contributed by atoms with Crippen molar-refractivity contribution in [3.8, 4) is 0 Å². The van der Waals surface area contributed by atoms with Crippen molar-refractivity contribution in [2.24, 2.45) is 0 Å². The quantitative estimate of drug-likeness (QED) is 0.737. The molecule has 0 aromatic heterocycles. The highest BCUT2D eigenvalue weighted by Gasteiger charge is 2.23. The molecule has 1 heterocycles.